The number of benzene rings is 1. The Balaban J connectivity index is 1.49. The lowest BCUT2D eigenvalue weighted by atomic mass is 10.1. The molecule has 0 unspecified atom stereocenters. The van der Waals surface area contributed by atoms with E-state index in [2.05, 4.69) is 5.32 Å². The Morgan fingerprint density at radius 2 is 1.83 bits per heavy atom. The third kappa shape index (κ3) is 4.43. The van der Waals surface area contributed by atoms with Crippen LogP contribution in [0.15, 0.2) is 53.1 Å². The lowest BCUT2D eigenvalue weighted by molar-refractivity contribution is 0.283. The molecule has 23 heavy (non-hydrogen) atoms. The number of furan rings is 1. The minimum atomic E-state index is -3.23. The predicted molar refractivity (Wildman–Crippen MR) is 89.2 cm³/mol. The Morgan fingerprint density at radius 1 is 1.09 bits per heavy atom. The maximum absolute atomic E-state index is 12.5. The molecular formula is C17H22N2O3S. The summed E-state index contributed by atoms with van der Waals surface area (Å²) in [6.45, 7) is 1.84. The van der Waals surface area contributed by atoms with Crippen molar-refractivity contribution < 1.29 is 12.8 Å². The van der Waals surface area contributed by atoms with E-state index in [1.165, 1.54) is 0 Å². The number of rotatable bonds is 6. The highest BCUT2D eigenvalue weighted by molar-refractivity contribution is 7.88. The van der Waals surface area contributed by atoms with Gasteiger partial charge < -0.3 is 9.73 Å². The molecule has 3 rings (SSSR count). The van der Waals surface area contributed by atoms with E-state index >= 15 is 0 Å². The van der Waals surface area contributed by atoms with Gasteiger partial charge in [0.2, 0.25) is 10.0 Å². The largest absolute Gasteiger partial charge is 0.468 e. The molecule has 0 aliphatic carbocycles. The highest BCUT2D eigenvalue weighted by Crippen LogP contribution is 2.18. The Labute approximate surface area is 137 Å². The second-order valence-electron chi connectivity index (χ2n) is 5.88. The summed E-state index contributed by atoms with van der Waals surface area (Å²) in [6, 6.07) is 13.5. The van der Waals surface area contributed by atoms with Gasteiger partial charge in [0.1, 0.15) is 5.76 Å². The van der Waals surface area contributed by atoms with Gasteiger partial charge in [-0.1, -0.05) is 30.3 Å². The van der Waals surface area contributed by atoms with Crippen molar-refractivity contribution in [2.45, 2.75) is 31.2 Å². The molecule has 1 N–H and O–H groups in total. The lowest BCUT2D eigenvalue weighted by Crippen LogP contribution is -2.45. The van der Waals surface area contributed by atoms with Crippen molar-refractivity contribution in [3.63, 3.8) is 0 Å². The van der Waals surface area contributed by atoms with Crippen LogP contribution in [0, 0.1) is 0 Å². The van der Waals surface area contributed by atoms with Gasteiger partial charge in [-0.25, -0.2) is 12.7 Å². The van der Waals surface area contributed by atoms with Gasteiger partial charge in [0.15, 0.2) is 0 Å². The molecule has 1 fully saturated rings. The zero-order valence-electron chi connectivity index (χ0n) is 13.0. The maximum atomic E-state index is 12.5. The van der Waals surface area contributed by atoms with E-state index in [9.17, 15) is 8.42 Å². The number of nitrogens with zero attached hydrogens (tertiary/aromatic N) is 1. The van der Waals surface area contributed by atoms with Gasteiger partial charge in [-0.15, -0.1) is 0 Å². The quantitative estimate of drug-likeness (QED) is 0.881. The molecule has 6 heteroatoms. The lowest BCUT2D eigenvalue weighted by Gasteiger charge is -2.31. The van der Waals surface area contributed by atoms with E-state index in [1.807, 2.05) is 42.5 Å². The molecule has 1 aliphatic heterocycles. The van der Waals surface area contributed by atoms with Crippen molar-refractivity contribution in [3.8, 4) is 0 Å². The topological polar surface area (TPSA) is 62.6 Å². The fourth-order valence-corrected chi connectivity index (χ4v) is 4.44. The first-order valence-corrected chi connectivity index (χ1v) is 9.52. The summed E-state index contributed by atoms with van der Waals surface area (Å²) in [5.74, 6) is 0.988. The van der Waals surface area contributed by atoms with Gasteiger partial charge in [0.25, 0.3) is 0 Å². The first kappa shape index (κ1) is 16.2. The summed E-state index contributed by atoms with van der Waals surface area (Å²) in [7, 11) is -3.23. The average molecular weight is 334 g/mol. The van der Waals surface area contributed by atoms with Gasteiger partial charge in [-0.05, 0) is 30.5 Å². The van der Waals surface area contributed by atoms with Crippen molar-refractivity contribution in [3.05, 3.63) is 60.1 Å². The maximum Gasteiger partial charge on any atom is 0.218 e. The molecule has 1 aliphatic rings. The minimum Gasteiger partial charge on any atom is -0.468 e. The number of piperidine rings is 1. The second kappa shape index (κ2) is 7.29. The summed E-state index contributed by atoms with van der Waals surface area (Å²) in [5.41, 5.74) is 0.838. The van der Waals surface area contributed by atoms with Crippen LogP contribution in [-0.4, -0.2) is 31.9 Å². The van der Waals surface area contributed by atoms with E-state index in [0.717, 1.165) is 24.2 Å². The molecule has 0 saturated carbocycles. The van der Waals surface area contributed by atoms with Crippen LogP contribution in [0.25, 0.3) is 0 Å². The van der Waals surface area contributed by atoms with Crippen LogP contribution in [0.3, 0.4) is 0 Å². The number of hydrogen-bond donors (Lipinski definition) is 1. The molecule has 1 saturated heterocycles. The third-order valence-electron chi connectivity index (χ3n) is 4.18. The second-order valence-corrected chi connectivity index (χ2v) is 7.84. The molecule has 2 aromatic rings. The summed E-state index contributed by atoms with van der Waals surface area (Å²) in [6.07, 6.45) is 3.32. The van der Waals surface area contributed by atoms with E-state index in [-0.39, 0.29) is 5.75 Å². The van der Waals surface area contributed by atoms with Crippen molar-refractivity contribution in [2.75, 3.05) is 13.1 Å². The standard InChI is InChI=1S/C17H22N2O3S/c20-23(21,14-15-5-2-1-3-6-15)19-10-8-16(9-11-19)18-13-17-7-4-12-22-17/h1-7,12,16,18H,8-11,13-14H2. The summed E-state index contributed by atoms with van der Waals surface area (Å²) >= 11 is 0. The molecule has 2 heterocycles. The van der Waals surface area contributed by atoms with Crippen molar-refractivity contribution in [2.24, 2.45) is 0 Å². The predicted octanol–water partition coefficient (Wildman–Crippen LogP) is 2.36. The van der Waals surface area contributed by atoms with Gasteiger partial charge >= 0.3 is 0 Å². The monoisotopic (exact) mass is 334 g/mol. The Morgan fingerprint density at radius 3 is 2.48 bits per heavy atom. The minimum absolute atomic E-state index is 0.0817. The SMILES string of the molecule is O=S(=O)(Cc1ccccc1)N1CCC(NCc2ccco2)CC1. The number of sulfonamides is 1. The molecule has 0 atom stereocenters. The van der Waals surface area contributed by atoms with Crippen molar-refractivity contribution >= 4 is 10.0 Å². The van der Waals surface area contributed by atoms with E-state index in [1.54, 1.807) is 10.6 Å². The van der Waals surface area contributed by atoms with Gasteiger partial charge in [-0.2, -0.15) is 0 Å². The highest BCUT2D eigenvalue weighted by Gasteiger charge is 2.27. The first-order chi connectivity index (χ1) is 11.1. The first-order valence-electron chi connectivity index (χ1n) is 7.91. The van der Waals surface area contributed by atoms with Gasteiger partial charge in [0.05, 0.1) is 18.6 Å². The van der Waals surface area contributed by atoms with E-state index in [4.69, 9.17) is 4.42 Å². The van der Waals surface area contributed by atoms with Crippen LogP contribution in [0.1, 0.15) is 24.2 Å². The normalized spacial score (nSPS) is 17.4. The van der Waals surface area contributed by atoms with Crippen LogP contribution in [-0.2, 0) is 22.3 Å². The summed E-state index contributed by atoms with van der Waals surface area (Å²) in [4.78, 5) is 0. The van der Waals surface area contributed by atoms with Crippen LogP contribution in [0.5, 0.6) is 0 Å². The summed E-state index contributed by atoms with van der Waals surface area (Å²) < 4.78 is 31.9. The van der Waals surface area contributed by atoms with Crippen molar-refractivity contribution in [1.82, 2.24) is 9.62 Å². The Kier molecular flexibility index (Phi) is 5.15. The molecule has 5 nitrogen and oxygen atoms in total. The fourth-order valence-electron chi connectivity index (χ4n) is 2.87. The molecule has 0 radical (unpaired) electrons. The van der Waals surface area contributed by atoms with Gasteiger partial charge in [-0.3, -0.25) is 0 Å². The van der Waals surface area contributed by atoms with Crippen LogP contribution in [0.2, 0.25) is 0 Å². The molecule has 0 spiro atoms. The molecule has 124 valence electrons. The van der Waals surface area contributed by atoms with Crippen LogP contribution in [0.4, 0.5) is 0 Å². The van der Waals surface area contributed by atoms with Gasteiger partial charge in [0, 0.05) is 19.1 Å². The molecular weight excluding hydrogens is 312 g/mol. The van der Waals surface area contributed by atoms with E-state index < -0.39 is 10.0 Å². The fraction of sp³-hybridized carbons (Fsp3) is 0.412. The summed E-state index contributed by atoms with van der Waals surface area (Å²) in [5, 5.41) is 3.43. The smallest absolute Gasteiger partial charge is 0.218 e. The average Bonchev–Trinajstić information content (AvgIpc) is 3.07. The molecule has 0 amide bonds. The zero-order chi connectivity index (χ0) is 16.1. The number of nitrogens with one attached hydrogen (secondary N) is 1. The van der Waals surface area contributed by atoms with Crippen LogP contribution >= 0.6 is 0 Å². The highest BCUT2D eigenvalue weighted by atomic mass is 32.2. The Bertz CT molecular complexity index is 691. The zero-order valence-corrected chi connectivity index (χ0v) is 13.8. The third-order valence-corrected chi connectivity index (χ3v) is 6.03. The Hall–Kier alpha value is -1.63. The molecule has 1 aromatic heterocycles. The molecule has 1 aromatic carbocycles. The number of hydrogen-bond acceptors (Lipinski definition) is 4. The van der Waals surface area contributed by atoms with E-state index in [0.29, 0.717) is 25.7 Å². The van der Waals surface area contributed by atoms with Crippen molar-refractivity contribution in [1.29, 1.82) is 0 Å². The van der Waals surface area contributed by atoms with Crippen LogP contribution < -0.4 is 5.32 Å². The molecule has 0 bridgehead atoms.